The Hall–Kier alpha value is -0.120. The molecular formula is C12H27NO2. The second-order valence-electron chi connectivity index (χ2n) is 4.26. The van der Waals surface area contributed by atoms with Gasteiger partial charge in [-0.3, -0.25) is 0 Å². The number of aliphatic hydroxyl groups excluding tert-OH is 1. The van der Waals surface area contributed by atoms with Crippen molar-refractivity contribution in [1.82, 2.24) is 5.32 Å². The minimum absolute atomic E-state index is 0.0476. The zero-order valence-electron chi connectivity index (χ0n) is 10.7. The molecule has 0 rings (SSSR count). The molecule has 0 aromatic heterocycles. The van der Waals surface area contributed by atoms with Gasteiger partial charge in [-0.15, -0.1) is 0 Å². The van der Waals surface area contributed by atoms with Crippen LogP contribution in [0.2, 0.25) is 0 Å². The maximum atomic E-state index is 9.37. The van der Waals surface area contributed by atoms with Crippen LogP contribution in [0.1, 0.15) is 40.5 Å². The lowest BCUT2D eigenvalue weighted by Crippen LogP contribution is -2.39. The fraction of sp³-hybridized carbons (Fsp3) is 1.00. The molecule has 0 aromatic rings. The number of rotatable bonds is 9. The Morgan fingerprint density at radius 3 is 2.27 bits per heavy atom. The molecule has 0 saturated carbocycles. The molecule has 0 radical (unpaired) electrons. The Bertz CT molecular complexity index is 138. The van der Waals surface area contributed by atoms with Crippen LogP contribution in [0.25, 0.3) is 0 Å². The van der Waals surface area contributed by atoms with Crippen molar-refractivity contribution in [2.24, 2.45) is 5.41 Å². The lowest BCUT2D eigenvalue weighted by Gasteiger charge is -2.30. The first kappa shape index (κ1) is 14.9. The van der Waals surface area contributed by atoms with Crippen molar-refractivity contribution in [3.8, 4) is 0 Å². The maximum Gasteiger partial charge on any atom is 0.0671 e. The molecule has 0 aliphatic heterocycles. The van der Waals surface area contributed by atoms with E-state index >= 15 is 0 Å². The fourth-order valence-electron chi connectivity index (χ4n) is 1.66. The van der Waals surface area contributed by atoms with Crippen LogP contribution in [0.3, 0.4) is 0 Å². The molecule has 0 heterocycles. The van der Waals surface area contributed by atoms with Gasteiger partial charge in [-0.2, -0.15) is 0 Å². The first-order chi connectivity index (χ1) is 7.14. The molecule has 3 nitrogen and oxygen atoms in total. The van der Waals surface area contributed by atoms with Gasteiger partial charge in [0, 0.05) is 31.7 Å². The van der Waals surface area contributed by atoms with E-state index < -0.39 is 0 Å². The van der Waals surface area contributed by atoms with Crippen LogP contribution in [-0.4, -0.2) is 37.5 Å². The SMILES string of the molecule is CCOC(C)CNCC(CC)(CC)CO. The molecule has 15 heavy (non-hydrogen) atoms. The summed E-state index contributed by atoms with van der Waals surface area (Å²) in [6, 6.07) is 0. The molecule has 0 bridgehead atoms. The average molecular weight is 217 g/mol. The summed E-state index contributed by atoms with van der Waals surface area (Å²) in [7, 11) is 0. The highest BCUT2D eigenvalue weighted by molar-refractivity contribution is 4.78. The predicted octanol–water partition coefficient (Wildman–Crippen LogP) is 1.80. The minimum atomic E-state index is 0.0476. The zero-order valence-corrected chi connectivity index (χ0v) is 10.7. The van der Waals surface area contributed by atoms with Crippen LogP contribution in [0, 0.1) is 5.41 Å². The molecule has 0 aliphatic carbocycles. The normalized spacial score (nSPS) is 14.2. The van der Waals surface area contributed by atoms with Crippen LogP contribution in [-0.2, 0) is 4.74 Å². The highest BCUT2D eigenvalue weighted by Gasteiger charge is 2.24. The minimum Gasteiger partial charge on any atom is -0.396 e. The third kappa shape index (κ3) is 5.50. The Morgan fingerprint density at radius 2 is 1.87 bits per heavy atom. The molecule has 1 atom stereocenters. The van der Waals surface area contributed by atoms with Gasteiger partial charge in [-0.05, 0) is 26.7 Å². The molecule has 2 N–H and O–H groups in total. The van der Waals surface area contributed by atoms with Crippen molar-refractivity contribution in [3.05, 3.63) is 0 Å². The van der Waals surface area contributed by atoms with Crippen molar-refractivity contribution >= 4 is 0 Å². The number of nitrogens with one attached hydrogen (secondary N) is 1. The van der Waals surface area contributed by atoms with Gasteiger partial charge >= 0.3 is 0 Å². The van der Waals surface area contributed by atoms with Gasteiger partial charge in [0.25, 0.3) is 0 Å². The van der Waals surface area contributed by atoms with Gasteiger partial charge in [-0.1, -0.05) is 13.8 Å². The van der Waals surface area contributed by atoms with Crippen LogP contribution in [0.5, 0.6) is 0 Å². The quantitative estimate of drug-likeness (QED) is 0.619. The zero-order chi connectivity index (χ0) is 11.7. The summed E-state index contributed by atoms with van der Waals surface area (Å²) in [5.41, 5.74) is 0.0476. The highest BCUT2D eigenvalue weighted by Crippen LogP contribution is 2.24. The Kier molecular flexibility index (Phi) is 8.02. The molecular weight excluding hydrogens is 190 g/mol. The first-order valence-corrected chi connectivity index (χ1v) is 6.07. The average Bonchev–Trinajstić information content (AvgIpc) is 2.25. The van der Waals surface area contributed by atoms with Crippen molar-refractivity contribution in [3.63, 3.8) is 0 Å². The molecule has 3 heteroatoms. The highest BCUT2D eigenvalue weighted by atomic mass is 16.5. The van der Waals surface area contributed by atoms with E-state index in [4.69, 9.17) is 4.74 Å². The maximum absolute atomic E-state index is 9.37. The molecule has 1 unspecified atom stereocenters. The summed E-state index contributed by atoms with van der Waals surface area (Å²) in [4.78, 5) is 0. The van der Waals surface area contributed by atoms with Gasteiger partial charge in [0.15, 0.2) is 0 Å². The molecule has 0 aromatic carbocycles. The summed E-state index contributed by atoms with van der Waals surface area (Å²) in [5.74, 6) is 0. The molecule has 92 valence electrons. The van der Waals surface area contributed by atoms with Gasteiger partial charge in [0.1, 0.15) is 0 Å². The van der Waals surface area contributed by atoms with Crippen molar-refractivity contribution < 1.29 is 9.84 Å². The van der Waals surface area contributed by atoms with Crippen LogP contribution >= 0.6 is 0 Å². The van der Waals surface area contributed by atoms with E-state index in [1.165, 1.54) is 0 Å². The Balaban J connectivity index is 3.80. The Labute approximate surface area is 94.2 Å². The summed E-state index contributed by atoms with van der Waals surface area (Å²) in [6.07, 6.45) is 2.27. The lowest BCUT2D eigenvalue weighted by molar-refractivity contribution is 0.0664. The van der Waals surface area contributed by atoms with E-state index in [-0.39, 0.29) is 18.1 Å². The van der Waals surface area contributed by atoms with Gasteiger partial charge < -0.3 is 15.2 Å². The lowest BCUT2D eigenvalue weighted by atomic mass is 9.83. The van der Waals surface area contributed by atoms with Gasteiger partial charge in [0.05, 0.1) is 6.10 Å². The first-order valence-electron chi connectivity index (χ1n) is 6.07. The van der Waals surface area contributed by atoms with Gasteiger partial charge in [-0.25, -0.2) is 0 Å². The standard InChI is InChI=1S/C12H27NO2/c1-5-12(6-2,10-14)9-13-8-11(4)15-7-3/h11,13-14H,5-10H2,1-4H3. The van der Waals surface area contributed by atoms with Crippen LogP contribution < -0.4 is 5.32 Å². The van der Waals surface area contributed by atoms with E-state index in [2.05, 4.69) is 26.1 Å². The fourth-order valence-corrected chi connectivity index (χ4v) is 1.66. The van der Waals surface area contributed by atoms with Crippen LogP contribution in [0.15, 0.2) is 0 Å². The summed E-state index contributed by atoms with van der Waals surface area (Å²) >= 11 is 0. The van der Waals surface area contributed by atoms with E-state index in [1.807, 2.05) is 6.92 Å². The smallest absolute Gasteiger partial charge is 0.0671 e. The monoisotopic (exact) mass is 217 g/mol. The summed E-state index contributed by atoms with van der Waals surface area (Å²) in [6.45, 7) is 11.1. The van der Waals surface area contributed by atoms with E-state index in [9.17, 15) is 5.11 Å². The third-order valence-corrected chi connectivity index (χ3v) is 3.22. The topological polar surface area (TPSA) is 41.5 Å². The molecule has 0 amide bonds. The number of hydrogen-bond acceptors (Lipinski definition) is 3. The molecule has 0 spiro atoms. The Morgan fingerprint density at radius 1 is 1.27 bits per heavy atom. The summed E-state index contributed by atoms with van der Waals surface area (Å²) < 4.78 is 5.43. The summed E-state index contributed by atoms with van der Waals surface area (Å²) in [5, 5.41) is 12.8. The molecule has 0 aliphatic rings. The van der Waals surface area contributed by atoms with Crippen LogP contribution in [0.4, 0.5) is 0 Å². The van der Waals surface area contributed by atoms with E-state index in [0.717, 1.165) is 32.5 Å². The number of aliphatic hydroxyl groups is 1. The largest absolute Gasteiger partial charge is 0.396 e. The number of ether oxygens (including phenoxy) is 1. The molecule has 0 fully saturated rings. The van der Waals surface area contributed by atoms with Gasteiger partial charge in [0.2, 0.25) is 0 Å². The van der Waals surface area contributed by atoms with Crippen molar-refractivity contribution in [2.45, 2.75) is 46.6 Å². The van der Waals surface area contributed by atoms with E-state index in [0.29, 0.717) is 0 Å². The second-order valence-corrected chi connectivity index (χ2v) is 4.26. The van der Waals surface area contributed by atoms with Crippen molar-refractivity contribution in [1.29, 1.82) is 0 Å². The second kappa shape index (κ2) is 8.08. The number of hydrogen-bond donors (Lipinski definition) is 2. The molecule has 0 saturated heterocycles. The predicted molar refractivity (Wildman–Crippen MR) is 64.1 cm³/mol. The third-order valence-electron chi connectivity index (χ3n) is 3.22. The van der Waals surface area contributed by atoms with Crippen molar-refractivity contribution in [2.75, 3.05) is 26.3 Å². The van der Waals surface area contributed by atoms with E-state index in [1.54, 1.807) is 0 Å².